The van der Waals surface area contributed by atoms with Crippen LogP contribution in [0.15, 0.2) is 35.4 Å². The van der Waals surface area contributed by atoms with Crippen LogP contribution in [0.25, 0.3) is 0 Å². The van der Waals surface area contributed by atoms with Gasteiger partial charge in [-0.1, -0.05) is 6.07 Å². The van der Waals surface area contributed by atoms with E-state index in [0.717, 1.165) is 11.3 Å². The first-order valence-corrected chi connectivity index (χ1v) is 4.89. The van der Waals surface area contributed by atoms with Crippen molar-refractivity contribution in [2.24, 2.45) is 0 Å². The van der Waals surface area contributed by atoms with Crippen LogP contribution in [0.5, 0.6) is 0 Å². The summed E-state index contributed by atoms with van der Waals surface area (Å²) in [4.78, 5) is 19.3. The summed E-state index contributed by atoms with van der Waals surface area (Å²) in [5, 5.41) is 0. The maximum absolute atomic E-state index is 11.5. The predicted octanol–water partition coefficient (Wildman–Crippen LogP) is 0.577. The highest BCUT2D eigenvalue weighted by atomic mass is 16.1. The van der Waals surface area contributed by atoms with Gasteiger partial charge in [0.1, 0.15) is 5.82 Å². The molecule has 2 rings (SSSR count). The van der Waals surface area contributed by atoms with Gasteiger partial charge in [0.25, 0.3) is 0 Å². The van der Waals surface area contributed by atoms with Gasteiger partial charge in [-0.15, -0.1) is 0 Å². The van der Waals surface area contributed by atoms with Crippen LogP contribution in [-0.4, -0.2) is 14.5 Å². The van der Waals surface area contributed by atoms with Crippen molar-refractivity contribution in [3.05, 3.63) is 52.3 Å². The van der Waals surface area contributed by atoms with Gasteiger partial charge in [0.05, 0.1) is 12.2 Å². The van der Waals surface area contributed by atoms with Crippen LogP contribution in [0.1, 0.15) is 11.3 Å². The highest BCUT2D eigenvalue weighted by molar-refractivity contribution is 5.28. The largest absolute Gasteiger partial charge is 0.384 e. The number of aromatic nitrogens is 3. The Morgan fingerprint density at radius 2 is 2.25 bits per heavy atom. The van der Waals surface area contributed by atoms with Gasteiger partial charge in [-0.05, 0) is 24.6 Å². The van der Waals surface area contributed by atoms with Crippen LogP contribution in [0, 0.1) is 6.92 Å². The molecule has 82 valence electrons. The average Bonchev–Trinajstić information content (AvgIpc) is 2.24. The lowest BCUT2D eigenvalue weighted by molar-refractivity contribution is 0.706. The summed E-state index contributed by atoms with van der Waals surface area (Å²) in [5.74, 6) is 0.450. The highest BCUT2D eigenvalue weighted by Gasteiger charge is 2.00. The van der Waals surface area contributed by atoms with E-state index in [2.05, 4.69) is 9.97 Å². The lowest BCUT2D eigenvalue weighted by Crippen LogP contribution is -2.23. The maximum atomic E-state index is 11.5. The lowest BCUT2D eigenvalue weighted by Gasteiger charge is -2.05. The zero-order valence-electron chi connectivity index (χ0n) is 8.92. The van der Waals surface area contributed by atoms with Crippen LogP contribution in [0.4, 0.5) is 5.82 Å². The van der Waals surface area contributed by atoms with Crippen molar-refractivity contribution < 1.29 is 0 Å². The molecule has 0 saturated heterocycles. The molecule has 0 unspecified atom stereocenters. The first-order valence-electron chi connectivity index (χ1n) is 4.89. The number of anilines is 1. The van der Waals surface area contributed by atoms with E-state index >= 15 is 0 Å². The molecule has 0 bridgehead atoms. The van der Waals surface area contributed by atoms with Crippen LogP contribution < -0.4 is 11.4 Å². The topological polar surface area (TPSA) is 73.8 Å². The first kappa shape index (κ1) is 10.4. The summed E-state index contributed by atoms with van der Waals surface area (Å²) in [7, 11) is 0. The van der Waals surface area contributed by atoms with Gasteiger partial charge in [0.15, 0.2) is 0 Å². The standard InChI is InChI=1S/C11H12N4O/c1-8-5-13-11(16)15(6-8)7-9-3-2-4-10(12)14-9/h2-6H,7H2,1H3,(H2,12,14). The Morgan fingerprint density at radius 1 is 1.44 bits per heavy atom. The molecule has 2 aromatic heterocycles. The maximum Gasteiger partial charge on any atom is 0.347 e. The second-order valence-corrected chi connectivity index (χ2v) is 3.60. The minimum Gasteiger partial charge on any atom is -0.384 e. The molecule has 0 spiro atoms. The summed E-state index contributed by atoms with van der Waals surface area (Å²) in [6.45, 7) is 2.27. The summed E-state index contributed by atoms with van der Waals surface area (Å²) >= 11 is 0. The number of nitrogens with zero attached hydrogens (tertiary/aromatic N) is 3. The number of hydrogen-bond donors (Lipinski definition) is 1. The van der Waals surface area contributed by atoms with Crippen molar-refractivity contribution in [2.45, 2.75) is 13.5 Å². The van der Waals surface area contributed by atoms with Gasteiger partial charge >= 0.3 is 5.69 Å². The van der Waals surface area contributed by atoms with Gasteiger partial charge in [-0.25, -0.2) is 14.8 Å². The third kappa shape index (κ3) is 2.25. The average molecular weight is 216 g/mol. The molecule has 5 heteroatoms. The number of hydrogen-bond acceptors (Lipinski definition) is 4. The number of pyridine rings is 1. The van der Waals surface area contributed by atoms with E-state index in [0.29, 0.717) is 12.4 Å². The normalized spacial score (nSPS) is 10.3. The number of nitrogen functional groups attached to an aromatic ring is 1. The summed E-state index contributed by atoms with van der Waals surface area (Å²) in [5.41, 5.74) is 6.96. The molecule has 0 aromatic carbocycles. The van der Waals surface area contributed by atoms with E-state index in [1.807, 2.05) is 19.1 Å². The molecular formula is C11H12N4O. The fourth-order valence-electron chi connectivity index (χ4n) is 1.44. The van der Waals surface area contributed by atoms with Gasteiger partial charge in [0, 0.05) is 12.4 Å². The van der Waals surface area contributed by atoms with E-state index in [1.165, 1.54) is 4.57 Å². The third-order valence-corrected chi connectivity index (χ3v) is 2.14. The minimum absolute atomic E-state index is 0.283. The first-order chi connectivity index (χ1) is 7.65. The highest BCUT2D eigenvalue weighted by Crippen LogP contribution is 2.02. The van der Waals surface area contributed by atoms with Crippen molar-refractivity contribution in [1.82, 2.24) is 14.5 Å². The monoisotopic (exact) mass is 216 g/mol. The number of aryl methyl sites for hydroxylation is 1. The smallest absolute Gasteiger partial charge is 0.347 e. The Bertz CT molecular complexity index is 562. The minimum atomic E-state index is -0.283. The Hall–Kier alpha value is -2.17. The van der Waals surface area contributed by atoms with Crippen molar-refractivity contribution in [3.63, 3.8) is 0 Å². The Labute approximate surface area is 92.6 Å². The van der Waals surface area contributed by atoms with Crippen molar-refractivity contribution in [2.75, 3.05) is 5.73 Å². The molecule has 0 atom stereocenters. The second-order valence-electron chi connectivity index (χ2n) is 3.60. The Morgan fingerprint density at radius 3 is 3.00 bits per heavy atom. The van der Waals surface area contributed by atoms with Gasteiger partial charge < -0.3 is 5.73 Å². The van der Waals surface area contributed by atoms with Gasteiger partial charge in [-0.2, -0.15) is 0 Å². The fourth-order valence-corrected chi connectivity index (χ4v) is 1.44. The molecule has 0 aliphatic carbocycles. The number of rotatable bonds is 2. The Balaban J connectivity index is 2.34. The third-order valence-electron chi connectivity index (χ3n) is 2.14. The van der Waals surface area contributed by atoms with E-state index in [9.17, 15) is 4.79 Å². The molecule has 0 saturated carbocycles. The summed E-state index contributed by atoms with van der Waals surface area (Å²) in [6, 6.07) is 5.35. The lowest BCUT2D eigenvalue weighted by atomic mass is 10.3. The quantitative estimate of drug-likeness (QED) is 0.796. The molecule has 2 heterocycles. The predicted molar refractivity (Wildman–Crippen MR) is 61.0 cm³/mol. The second kappa shape index (κ2) is 4.14. The van der Waals surface area contributed by atoms with Gasteiger partial charge in [0.2, 0.25) is 0 Å². The summed E-state index contributed by atoms with van der Waals surface area (Å²) in [6.07, 6.45) is 3.30. The molecule has 2 aromatic rings. The molecule has 2 N–H and O–H groups in total. The molecular weight excluding hydrogens is 204 g/mol. The van der Waals surface area contributed by atoms with Crippen molar-refractivity contribution >= 4 is 5.82 Å². The SMILES string of the molecule is Cc1cnc(=O)n(Cc2cccc(N)n2)c1. The molecule has 0 aliphatic heterocycles. The van der Waals surface area contributed by atoms with Crippen LogP contribution in [0.3, 0.4) is 0 Å². The van der Waals surface area contributed by atoms with E-state index < -0.39 is 0 Å². The molecule has 0 fully saturated rings. The van der Waals surface area contributed by atoms with Crippen LogP contribution in [-0.2, 0) is 6.54 Å². The van der Waals surface area contributed by atoms with Crippen molar-refractivity contribution in [1.29, 1.82) is 0 Å². The fraction of sp³-hybridized carbons (Fsp3) is 0.182. The zero-order valence-corrected chi connectivity index (χ0v) is 8.92. The van der Waals surface area contributed by atoms with Crippen molar-refractivity contribution in [3.8, 4) is 0 Å². The molecule has 0 amide bonds. The number of nitrogens with two attached hydrogens (primary N) is 1. The molecule has 5 nitrogen and oxygen atoms in total. The van der Waals surface area contributed by atoms with E-state index in [-0.39, 0.29) is 5.69 Å². The van der Waals surface area contributed by atoms with E-state index in [4.69, 9.17) is 5.73 Å². The Kier molecular flexibility index (Phi) is 2.68. The van der Waals surface area contributed by atoms with Crippen LogP contribution >= 0.6 is 0 Å². The van der Waals surface area contributed by atoms with E-state index in [1.54, 1.807) is 18.5 Å². The van der Waals surface area contributed by atoms with Gasteiger partial charge in [-0.3, -0.25) is 4.57 Å². The van der Waals surface area contributed by atoms with Crippen LogP contribution in [0.2, 0.25) is 0 Å². The molecule has 0 aliphatic rings. The zero-order chi connectivity index (χ0) is 11.5. The molecule has 16 heavy (non-hydrogen) atoms. The molecule has 0 radical (unpaired) electrons. The summed E-state index contributed by atoms with van der Waals surface area (Å²) < 4.78 is 1.51.